The minimum Gasteiger partial charge on any atom is -0.497 e. The number of carboxylic acid groups (broad SMARTS) is 1. The van der Waals surface area contributed by atoms with Crippen LogP contribution in [0.1, 0.15) is 51.0 Å². The summed E-state index contributed by atoms with van der Waals surface area (Å²) in [7, 11) is 1.60. The molecule has 1 aromatic carbocycles. The third kappa shape index (κ3) is 3.66. The third-order valence-electron chi connectivity index (χ3n) is 4.73. The van der Waals surface area contributed by atoms with Crippen LogP contribution < -0.4 is 10.1 Å². The molecule has 5 nitrogen and oxygen atoms in total. The Kier molecular flexibility index (Phi) is 5.64. The van der Waals surface area contributed by atoms with Gasteiger partial charge in [-0.05, 0) is 37.0 Å². The minimum atomic E-state index is -0.962. The van der Waals surface area contributed by atoms with Gasteiger partial charge in [0.15, 0.2) is 0 Å². The molecule has 0 radical (unpaired) electrons. The predicted octanol–water partition coefficient (Wildman–Crippen LogP) is 2.88. The number of carbonyl (C=O) groups is 2. The molecule has 23 heavy (non-hydrogen) atoms. The number of rotatable bonds is 8. The second kappa shape index (κ2) is 7.49. The molecule has 2 N–H and O–H groups in total. The van der Waals surface area contributed by atoms with E-state index in [2.05, 4.69) is 5.32 Å². The van der Waals surface area contributed by atoms with Gasteiger partial charge in [0, 0.05) is 0 Å². The molecular formula is C18H25NO4. The molecule has 1 fully saturated rings. The first-order valence-corrected chi connectivity index (χ1v) is 8.22. The van der Waals surface area contributed by atoms with Gasteiger partial charge in [-0.2, -0.15) is 0 Å². The smallest absolute Gasteiger partial charge is 0.326 e. The normalized spacial score (nSPS) is 17.0. The van der Waals surface area contributed by atoms with E-state index in [0.29, 0.717) is 6.42 Å². The van der Waals surface area contributed by atoms with Gasteiger partial charge in [0.1, 0.15) is 11.8 Å². The second-order valence-corrected chi connectivity index (χ2v) is 6.17. The topological polar surface area (TPSA) is 75.6 Å². The molecule has 1 saturated carbocycles. The van der Waals surface area contributed by atoms with Gasteiger partial charge < -0.3 is 15.2 Å². The van der Waals surface area contributed by atoms with Gasteiger partial charge in [0.25, 0.3) is 0 Å². The Morgan fingerprint density at radius 3 is 2.39 bits per heavy atom. The second-order valence-electron chi connectivity index (χ2n) is 6.17. The molecule has 1 atom stereocenters. The van der Waals surface area contributed by atoms with E-state index in [1.165, 1.54) is 0 Å². The summed E-state index contributed by atoms with van der Waals surface area (Å²) in [6, 6.07) is 6.68. The van der Waals surface area contributed by atoms with Crippen LogP contribution in [-0.4, -0.2) is 30.1 Å². The number of hydrogen-bond acceptors (Lipinski definition) is 3. The maximum atomic E-state index is 12.8. The highest BCUT2D eigenvalue weighted by Crippen LogP contribution is 2.44. The summed E-state index contributed by atoms with van der Waals surface area (Å²) in [5, 5.41) is 12.1. The molecule has 1 aromatic rings. The summed E-state index contributed by atoms with van der Waals surface area (Å²) in [5.74, 6) is -0.386. The molecular weight excluding hydrogens is 294 g/mol. The molecule has 0 heterocycles. The molecule has 0 spiro atoms. The number of methoxy groups -OCH3 is 1. The van der Waals surface area contributed by atoms with Gasteiger partial charge in [-0.3, -0.25) is 4.79 Å². The fraction of sp³-hybridized carbons (Fsp3) is 0.556. The van der Waals surface area contributed by atoms with Crippen LogP contribution in [0.15, 0.2) is 24.3 Å². The molecule has 0 aromatic heterocycles. The van der Waals surface area contributed by atoms with Crippen LogP contribution >= 0.6 is 0 Å². The van der Waals surface area contributed by atoms with E-state index in [1.54, 1.807) is 7.11 Å². The monoisotopic (exact) mass is 319 g/mol. The summed E-state index contributed by atoms with van der Waals surface area (Å²) < 4.78 is 5.16. The Balaban J connectivity index is 2.14. The lowest BCUT2D eigenvalue weighted by atomic mass is 9.63. The van der Waals surface area contributed by atoms with Crippen LogP contribution in [0, 0.1) is 0 Å². The third-order valence-corrected chi connectivity index (χ3v) is 4.73. The number of carboxylic acids is 1. The van der Waals surface area contributed by atoms with Crippen LogP contribution in [0.4, 0.5) is 0 Å². The lowest BCUT2D eigenvalue weighted by Crippen LogP contribution is -2.53. The number of unbranched alkanes of at least 4 members (excludes halogenated alkanes) is 1. The standard InChI is InChI=1S/C18H25NO4/c1-3-4-6-15(16(20)21)19-17(22)18(11-5-12-18)13-7-9-14(23-2)10-8-13/h7-10,15H,3-6,11-12H2,1-2H3,(H,19,22)(H,20,21)/t15-/m0/s1. The molecule has 126 valence electrons. The molecule has 5 heteroatoms. The summed E-state index contributed by atoms with van der Waals surface area (Å²) in [4.78, 5) is 24.1. The first kappa shape index (κ1) is 17.3. The number of ether oxygens (including phenoxy) is 1. The highest BCUT2D eigenvalue weighted by atomic mass is 16.5. The van der Waals surface area contributed by atoms with E-state index in [9.17, 15) is 14.7 Å². The first-order chi connectivity index (χ1) is 11.0. The van der Waals surface area contributed by atoms with Crippen molar-refractivity contribution >= 4 is 11.9 Å². The van der Waals surface area contributed by atoms with Crippen LogP contribution in [0.25, 0.3) is 0 Å². The number of benzene rings is 1. The van der Waals surface area contributed by atoms with Gasteiger partial charge in [-0.1, -0.05) is 38.3 Å². The van der Waals surface area contributed by atoms with Crippen molar-refractivity contribution in [2.24, 2.45) is 0 Å². The zero-order valence-corrected chi connectivity index (χ0v) is 13.8. The Morgan fingerprint density at radius 2 is 1.96 bits per heavy atom. The van der Waals surface area contributed by atoms with Crippen molar-refractivity contribution in [3.8, 4) is 5.75 Å². The fourth-order valence-electron chi connectivity index (χ4n) is 3.05. The number of hydrogen-bond donors (Lipinski definition) is 2. The molecule has 1 amide bonds. The molecule has 0 saturated heterocycles. The van der Waals surface area contributed by atoms with E-state index in [1.807, 2.05) is 31.2 Å². The molecule has 2 rings (SSSR count). The average molecular weight is 319 g/mol. The average Bonchev–Trinajstić information content (AvgIpc) is 2.50. The maximum absolute atomic E-state index is 12.8. The van der Waals surface area contributed by atoms with Crippen molar-refractivity contribution < 1.29 is 19.4 Å². The Morgan fingerprint density at radius 1 is 1.30 bits per heavy atom. The lowest BCUT2D eigenvalue weighted by Gasteiger charge is -2.41. The summed E-state index contributed by atoms with van der Waals surface area (Å²) in [6.07, 6.45) is 4.65. The Bertz CT molecular complexity index is 549. The SMILES string of the molecule is CCCC[C@H](NC(=O)C1(c2ccc(OC)cc2)CCC1)C(=O)O. The molecule has 0 aliphatic heterocycles. The predicted molar refractivity (Wildman–Crippen MR) is 87.6 cm³/mol. The van der Waals surface area contributed by atoms with E-state index < -0.39 is 17.4 Å². The van der Waals surface area contributed by atoms with Crippen molar-refractivity contribution in [3.63, 3.8) is 0 Å². The molecule has 1 aliphatic rings. The fourth-order valence-corrected chi connectivity index (χ4v) is 3.05. The molecule has 1 aliphatic carbocycles. The summed E-state index contributed by atoms with van der Waals surface area (Å²) in [5.41, 5.74) is 0.341. The van der Waals surface area contributed by atoms with Crippen molar-refractivity contribution in [2.75, 3.05) is 7.11 Å². The number of aliphatic carboxylic acids is 1. The van der Waals surface area contributed by atoms with E-state index in [0.717, 1.165) is 43.4 Å². The van der Waals surface area contributed by atoms with Crippen molar-refractivity contribution in [1.82, 2.24) is 5.32 Å². The zero-order chi connectivity index (χ0) is 16.9. The highest BCUT2D eigenvalue weighted by Gasteiger charge is 2.46. The van der Waals surface area contributed by atoms with Crippen LogP contribution in [0.5, 0.6) is 5.75 Å². The van der Waals surface area contributed by atoms with E-state index in [4.69, 9.17) is 4.74 Å². The molecule has 0 bridgehead atoms. The lowest BCUT2D eigenvalue weighted by molar-refractivity contribution is -0.143. The number of nitrogens with one attached hydrogen (secondary N) is 1. The van der Waals surface area contributed by atoms with Gasteiger partial charge >= 0.3 is 5.97 Å². The number of carbonyl (C=O) groups excluding carboxylic acids is 1. The highest BCUT2D eigenvalue weighted by molar-refractivity contribution is 5.92. The number of amides is 1. The minimum absolute atomic E-state index is 0.169. The molecule has 0 unspecified atom stereocenters. The zero-order valence-electron chi connectivity index (χ0n) is 13.8. The largest absolute Gasteiger partial charge is 0.497 e. The van der Waals surface area contributed by atoms with Gasteiger partial charge in [0.05, 0.1) is 12.5 Å². The van der Waals surface area contributed by atoms with Crippen molar-refractivity contribution in [3.05, 3.63) is 29.8 Å². The van der Waals surface area contributed by atoms with Crippen molar-refractivity contribution in [1.29, 1.82) is 0 Å². The van der Waals surface area contributed by atoms with Crippen LogP contribution in [0.3, 0.4) is 0 Å². The van der Waals surface area contributed by atoms with E-state index >= 15 is 0 Å². The van der Waals surface area contributed by atoms with Crippen LogP contribution in [0.2, 0.25) is 0 Å². The van der Waals surface area contributed by atoms with Gasteiger partial charge in [0.2, 0.25) is 5.91 Å². The Hall–Kier alpha value is -2.04. The van der Waals surface area contributed by atoms with E-state index in [-0.39, 0.29) is 5.91 Å². The van der Waals surface area contributed by atoms with Gasteiger partial charge in [-0.25, -0.2) is 4.79 Å². The first-order valence-electron chi connectivity index (χ1n) is 8.22. The summed E-state index contributed by atoms with van der Waals surface area (Å²) in [6.45, 7) is 2.01. The maximum Gasteiger partial charge on any atom is 0.326 e. The van der Waals surface area contributed by atoms with Crippen molar-refractivity contribution in [2.45, 2.75) is 56.9 Å². The summed E-state index contributed by atoms with van der Waals surface area (Å²) >= 11 is 0. The Labute approximate surface area is 137 Å². The van der Waals surface area contributed by atoms with Gasteiger partial charge in [-0.15, -0.1) is 0 Å². The quantitative estimate of drug-likeness (QED) is 0.772. The van der Waals surface area contributed by atoms with Crippen LogP contribution in [-0.2, 0) is 15.0 Å².